The molecule has 0 saturated carbocycles. The number of rotatable bonds is 4. The largest absolute Gasteiger partial charge is 0.322 e. The molecule has 1 aromatic carbocycles. The topological polar surface area (TPSA) is 76.0 Å². The van der Waals surface area contributed by atoms with Crippen LogP contribution in [0.3, 0.4) is 0 Å². The molecule has 18 heavy (non-hydrogen) atoms. The van der Waals surface area contributed by atoms with Gasteiger partial charge in [0, 0.05) is 28.3 Å². The lowest BCUT2D eigenvalue weighted by Crippen LogP contribution is -2.04. The molecule has 0 unspecified atom stereocenters. The zero-order valence-corrected chi connectivity index (χ0v) is 10.2. The number of hydrogen-bond acceptors (Lipinski definition) is 3. The smallest absolute Gasteiger partial charge is 0.249 e. The highest BCUT2D eigenvalue weighted by molar-refractivity contribution is 6.35. The van der Waals surface area contributed by atoms with Gasteiger partial charge in [0.05, 0.1) is 5.02 Å². The van der Waals surface area contributed by atoms with E-state index in [2.05, 4.69) is 4.98 Å². The number of fused-ring (bicyclic) bond motifs is 1. The average molecular weight is 267 g/mol. The van der Waals surface area contributed by atoms with Crippen LogP contribution in [0.4, 0.5) is 0 Å². The van der Waals surface area contributed by atoms with E-state index in [1.165, 1.54) is 6.07 Å². The van der Waals surface area contributed by atoms with Gasteiger partial charge in [0.25, 0.3) is 0 Å². The summed E-state index contributed by atoms with van der Waals surface area (Å²) in [5.41, 5.74) is 1.40. The fourth-order valence-electron chi connectivity index (χ4n) is 1.83. The minimum atomic E-state index is -0.328. The van der Waals surface area contributed by atoms with Crippen LogP contribution in [0, 0.1) is 10.1 Å². The monoisotopic (exact) mass is 266 g/mol. The SMILES string of the molecule is O=c1cc(Cl)c2cc(CCC[N+](=O)[O-])ccc2[nH]1. The molecule has 0 fully saturated rings. The summed E-state index contributed by atoms with van der Waals surface area (Å²) in [7, 11) is 0. The van der Waals surface area contributed by atoms with E-state index in [0.29, 0.717) is 23.4 Å². The van der Waals surface area contributed by atoms with Gasteiger partial charge in [-0.25, -0.2) is 0 Å². The second-order valence-corrected chi connectivity index (χ2v) is 4.43. The van der Waals surface area contributed by atoms with Gasteiger partial charge in [-0.2, -0.15) is 0 Å². The number of aromatic amines is 1. The number of pyridine rings is 1. The molecule has 6 heteroatoms. The van der Waals surface area contributed by atoms with Crippen molar-refractivity contribution in [1.82, 2.24) is 4.98 Å². The number of halogens is 1. The Balaban J connectivity index is 2.27. The van der Waals surface area contributed by atoms with Crippen LogP contribution in [0.5, 0.6) is 0 Å². The van der Waals surface area contributed by atoms with Crippen molar-refractivity contribution in [2.24, 2.45) is 0 Å². The van der Waals surface area contributed by atoms with Gasteiger partial charge in [-0.05, 0) is 24.1 Å². The van der Waals surface area contributed by atoms with E-state index >= 15 is 0 Å². The van der Waals surface area contributed by atoms with E-state index in [-0.39, 0.29) is 17.0 Å². The molecule has 0 radical (unpaired) electrons. The third kappa shape index (κ3) is 2.87. The molecule has 0 atom stereocenters. The highest BCUT2D eigenvalue weighted by Gasteiger charge is 2.04. The predicted molar refractivity (Wildman–Crippen MR) is 69.8 cm³/mol. The van der Waals surface area contributed by atoms with Crippen LogP contribution < -0.4 is 5.56 Å². The van der Waals surface area contributed by atoms with E-state index in [0.717, 1.165) is 10.9 Å². The van der Waals surface area contributed by atoms with Crippen LogP contribution >= 0.6 is 11.6 Å². The highest BCUT2D eigenvalue weighted by Crippen LogP contribution is 2.21. The maximum atomic E-state index is 11.2. The Morgan fingerprint density at radius 1 is 1.33 bits per heavy atom. The molecule has 0 saturated heterocycles. The van der Waals surface area contributed by atoms with E-state index in [1.807, 2.05) is 12.1 Å². The molecule has 0 bridgehead atoms. The van der Waals surface area contributed by atoms with E-state index in [9.17, 15) is 14.9 Å². The lowest BCUT2D eigenvalue weighted by atomic mass is 10.1. The summed E-state index contributed by atoms with van der Waals surface area (Å²) in [4.78, 5) is 23.8. The number of H-pyrrole nitrogens is 1. The Labute approximate surface area is 108 Å². The number of nitrogens with one attached hydrogen (secondary N) is 1. The summed E-state index contributed by atoms with van der Waals surface area (Å²) in [6.07, 6.45) is 1.10. The number of nitro groups is 1. The minimum absolute atomic E-state index is 0.0443. The summed E-state index contributed by atoms with van der Waals surface area (Å²) in [5.74, 6) is 0. The van der Waals surface area contributed by atoms with Crippen molar-refractivity contribution in [1.29, 1.82) is 0 Å². The van der Waals surface area contributed by atoms with Crippen molar-refractivity contribution >= 4 is 22.5 Å². The van der Waals surface area contributed by atoms with Gasteiger partial charge < -0.3 is 4.98 Å². The number of benzene rings is 1. The third-order valence-corrected chi connectivity index (χ3v) is 2.98. The van der Waals surface area contributed by atoms with Crippen LogP contribution in [0.2, 0.25) is 5.02 Å². The Hall–Kier alpha value is -1.88. The van der Waals surface area contributed by atoms with Crippen LogP contribution in [-0.2, 0) is 6.42 Å². The lowest BCUT2D eigenvalue weighted by Gasteiger charge is -2.03. The second-order valence-electron chi connectivity index (χ2n) is 4.02. The Kier molecular flexibility index (Phi) is 3.62. The van der Waals surface area contributed by atoms with Crippen LogP contribution in [0.15, 0.2) is 29.1 Å². The molecule has 1 aromatic heterocycles. The first-order chi connectivity index (χ1) is 8.56. The van der Waals surface area contributed by atoms with Gasteiger partial charge in [0.15, 0.2) is 0 Å². The highest BCUT2D eigenvalue weighted by atomic mass is 35.5. The van der Waals surface area contributed by atoms with E-state index < -0.39 is 0 Å². The fraction of sp³-hybridized carbons (Fsp3) is 0.250. The second kappa shape index (κ2) is 5.18. The minimum Gasteiger partial charge on any atom is -0.322 e. The molecule has 0 spiro atoms. The lowest BCUT2D eigenvalue weighted by molar-refractivity contribution is -0.480. The van der Waals surface area contributed by atoms with Crippen LogP contribution in [0.1, 0.15) is 12.0 Å². The predicted octanol–water partition coefficient (Wildman–Crippen LogP) is 2.39. The van der Waals surface area contributed by atoms with Crippen molar-refractivity contribution in [2.45, 2.75) is 12.8 Å². The summed E-state index contributed by atoms with van der Waals surface area (Å²) in [6.45, 7) is -0.0443. The summed E-state index contributed by atoms with van der Waals surface area (Å²) >= 11 is 5.99. The molecular formula is C12H11ClN2O3. The molecule has 0 aliphatic carbocycles. The molecule has 2 aromatic rings. The Morgan fingerprint density at radius 2 is 2.11 bits per heavy atom. The average Bonchev–Trinajstić information content (AvgIpc) is 2.29. The maximum Gasteiger partial charge on any atom is 0.249 e. The Morgan fingerprint density at radius 3 is 2.83 bits per heavy atom. The van der Waals surface area contributed by atoms with Crippen molar-refractivity contribution in [3.8, 4) is 0 Å². The quantitative estimate of drug-likeness (QED) is 0.682. The van der Waals surface area contributed by atoms with Gasteiger partial charge >= 0.3 is 0 Å². The van der Waals surface area contributed by atoms with Gasteiger partial charge in [0.1, 0.15) is 0 Å². The molecule has 1 N–H and O–H groups in total. The van der Waals surface area contributed by atoms with Crippen molar-refractivity contribution in [3.63, 3.8) is 0 Å². The number of aryl methyl sites for hydroxylation is 1. The number of nitrogens with zero attached hydrogens (tertiary/aromatic N) is 1. The fourth-order valence-corrected chi connectivity index (χ4v) is 2.08. The molecule has 5 nitrogen and oxygen atoms in total. The summed E-state index contributed by atoms with van der Waals surface area (Å²) in [5, 5.41) is 11.4. The van der Waals surface area contributed by atoms with Gasteiger partial charge in [-0.3, -0.25) is 14.9 Å². The molecule has 2 rings (SSSR count). The molecule has 1 heterocycles. The molecule has 0 amide bonds. The van der Waals surface area contributed by atoms with Gasteiger partial charge in [0.2, 0.25) is 12.1 Å². The zero-order chi connectivity index (χ0) is 13.1. The first-order valence-electron chi connectivity index (χ1n) is 5.49. The Bertz CT molecular complexity index is 651. The van der Waals surface area contributed by atoms with Crippen LogP contribution in [0.25, 0.3) is 10.9 Å². The number of aromatic nitrogens is 1. The van der Waals surface area contributed by atoms with E-state index in [1.54, 1.807) is 6.07 Å². The maximum absolute atomic E-state index is 11.2. The zero-order valence-electron chi connectivity index (χ0n) is 9.48. The van der Waals surface area contributed by atoms with Crippen molar-refractivity contribution in [2.75, 3.05) is 6.54 Å². The molecule has 0 aliphatic rings. The normalized spacial score (nSPS) is 10.7. The third-order valence-electron chi connectivity index (χ3n) is 2.66. The van der Waals surface area contributed by atoms with Gasteiger partial charge in [-0.15, -0.1) is 0 Å². The first kappa shape index (κ1) is 12.6. The first-order valence-corrected chi connectivity index (χ1v) is 5.87. The summed E-state index contributed by atoms with van der Waals surface area (Å²) in [6, 6.07) is 6.79. The molecule has 94 valence electrons. The molecular weight excluding hydrogens is 256 g/mol. The standard InChI is InChI=1S/C12H11ClN2O3/c13-10-7-12(16)14-11-4-3-8(6-9(10)11)2-1-5-15(17)18/h3-4,6-7H,1-2,5H2,(H,14,16). The van der Waals surface area contributed by atoms with Gasteiger partial charge in [-0.1, -0.05) is 17.7 Å². The number of hydrogen-bond donors (Lipinski definition) is 1. The van der Waals surface area contributed by atoms with Crippen LogP contribution in [-0.4, -0.2) is 16.5 Å². The van der Waals surface area contributed by atoms with Crippen molar-refractivity contribution in [3.05, 3.63) is 55.3 Å². The molecule has 0 aliphatic heterocycles. The van der Waals surface area contributed by atoms with E-state index in [4.69, 9.17) is 11.6 Å². The summed E-state index contributed by atoms with van der Waals surface area (Å²) < 4.78 is 0. The van der Waals surface area contributed by atoms with Crippen molar-refractivity contribution < 1.29 is 4.92 Å².